The SMILES string of the molecule is CCCCNC(=O)c1c2c(nc3ccccc13)CCC2. The number of hydrogen-bond acceptors (Lipinski definition) is 2. The number of nitrogens with one attached hydrogen (secondary N) is 1. The molecule has 1 amide bonds. The van der Waals surface area contributed by atoms with E-state index in [1.807, 2.05) is 24.3 Å². The van der Waals surface area contributed by atoms with Crippen LogP contribution in [0.1, 0.15) is 47.8 Å². The van der Waals surface area contributed by atoms with Gasteiger partial charge in [0, 0.05) is 17.6 Å². The van der Waals surface area contributed by atoms with Gasteiger partial charge >= 0.3 is 0 Å². The summed E-state index contributed by atoms with van der Waals surface area (Å²) in [5, 5.41) is 4.04. The lowest BCUT2D eigenvalue weighted by molar-refractivity contribution is 0.0954. The van der Waals surface area contributed by atoms with Crippen LogP contribution in [0.5, 0.6) is 0 Å². The van der Waals surface area contributed by atoms with Crippen LogP contribution in [-0.4, -0.2) is 17.4 Å². The zero-order valence-electron chi connectivity index (χ0n) is 11.9. The summed E-state index contributed by atoms with van der Waals surface area (Å²) in [7, 11) is 0. The van der Waals surface area contributed by atoms with Gasteiger partial charge in [0.2, 0.25) is 0 Å². The Balaban J connectivity index is 2.05. The number of rotatable bonds is 4. The van der Waals surface area contributed by atoms with Gasteiger partial charge in [-0.05, 0) is 37.3 Å². The van der Waals surface area contributed by atoms with E-state index in [9.17, 15) is 4.79 Å². The number of nitrogens with zero attached hydrogens (tertiary/aromatic N) is 1. The number of unbranched alkanes of at least 4 members (excludes halogenated alkanes) is 1. The summed E-state index contributed by atoms with van der Waals surface area (Å²) in [5.74, 6) is 0.0650. The molecule has 1 heterocycles. The molecule has 3 nitrogen and oxygen atoms in total. The van der Waals surface area contributed by atoms with Crippen molar-refractivity contribution in [1.82, 2.24) is 10.3 Å². The number of para-hydroxylation sites is 1. The summed E-state index contributed by atoms with van der Waals surface area (Å²) in [6.07, 6.45) is 5.19. The minimum atomic E-state index is 0.0650. The molecule has 1 aromatic heterocycles. The van der Waals surface area contributed by atoms with Gasteiger partial charge in [0.1, 0.15) is 0 Å². The first-order valence-corrected chi connectivity index (χ1v) is 7.50. The smallest absolute Gasteiger partial charge is 0.252 e. The van der Waals surface area contributed by atoms with Gasteiger partial charge in [0.25, 0.3) is 5.91 Å². The first-order valence-electron chi connectivity index (χ1n) is 7.50. The van der Waals surface area contributed by atoms with Crippen molar-refractivity contribution in [1.29, 1.82) is 0 Å². The zero-order chi connectivity index (χ0) is 13.9. The topological polar surface area (TPSA) is 42.0 Å². The average Bonchev–Trinajstić information content (AvgIpc) is 2.92. The molecule has 0 radical (unpaired) electrons. The Bertz CT molecular complexity index is 649. The minimum Gasteiger partial charge on any atom is -0.352 e. The second-order valence-electron chi connectivity index (χ2n) is 5.39. The molecule has 0 aliphatic heterocycles. The van der Waals surface area contributed by atoms with Crippen LogP contribution in [0.2, 0.25) is 0 Å². The van der Waals surface area contributed by atoms with E-state index in [0.717, 1.165) is 66.4 Å². The third-order valence-corrected chi connectivity index (χ3v) is 3.96. The number of fused-ring (bicyclic) bond motifs is 2. The molecule has 0 spiro atoms. The van der Waals surface area contributed by atoms with Gasteiger partial charge in [0.15, 0.2) is 0 Å². The largest absolute Gasteiger partial charge is 0.352 e. The first kappa shape index (κ1) is 13.1. The highest BCUT2D eigenvalue weighted by atomic mass is 16.1. The van der Waals surface area contributed by atoms with Crippen molar-refractivity contribution < 1.29 is 4.79 Å². The van der Waals surface area contributed by atoms with E-state index in [4.69, 9.17) is 4.98 Å². The molecule has 104 valence electrons. The van der Waals surface area contributed by atoms with Crippen LogP contribution < -0.4 is 5.32 Å². The number of carbonyl (C=O) groups excluding carboxylic acids is 1. The van der Waals surface area contributed by atoms with Gasteiger partial charge in [-0.2, -0.15) is 0 Å². The molecule has 1 aromatic carbocycles. The number of benzene rings is 1. The maximum atomic E-state index is 12.6. The Hall–Kier alpha value is -1.90. The lowest BCUT2D eigenvalue weighted by Crippen LogP contribution is -2.26. The van der Waals surface area contributed by atoms with E-state index in [1.54, 1.807) is 0 Å². The van der Waals surface area contributed by atoms with E-state index >= 15 is 0 Å². The molecule has 0 fully saturated rings. The summed E-state index contributed by atoms with van der Waals surface area (Å²) < 4.78 is 0. The molecular formula is C17H20N2O. The predicted molar refractivity (Wildman–Crippen MR) is 81.0 cm³/mol. The lowest BCUT2D eigenvalue weighted by atomic mass is 10.0. The van der Waals surface area contributed by atoms with Gasteiger partial charge in [-0.1, -0.05) is 31.5 Å². The highest BCUT2D eigenvalue weighted by Gasteiger charge is 2.23. The fourth-order valence-corrected chi connectivity index (χ4v) is 2.94. The molecule has 0 unspecified atom stereocenters. The van der Waals surface area contributed by atoms with E-state index < -0.39 is 0 Å². The average molecular weight is 268 g/mol. The quantitative estimate of drug-likeness (QED) is 0.865. The number of pyridine rings is 1. The Kier molecular flexibility index (Phi) is 3.68. The van der Waals surface area contributed by atoms with Crippen LogP contribution in [0.25, 0.3) is 10.9 Å². The number of amides is 1. The Morgan fingerprint density at radius 2 is 2.15 bits per heavy atom. The number of aryl methyl sites for hydroxylation is 1. The molecule has 1 N–H and O–H groups in total. The van der Waals surface area contributed by atoms with E-state index in [2.05, 4.69) is 12.2 Å². The van der Waals surface area contributed by atoms with Crippen LogP contribution in [0.4, 0.5) is 0 Å². The molecule has 2 aromatic rings. The van der Waals surface area contributed by atoms with Crippen molar-refractivity contribution in [2.24, 2.45) is 0 Å². The van der Waals surface area contributed by atoms with Gasteiger partial charge in [-0.3, -0.25) is 9.78 Å². The molecular weight excluding hydrogens is 248 g/mol. The molecule has 3 rings (SSSR count). The summed E-state index contributed by atoms with van der Waals surface area (Å²) in [5.41, 5.74) is 4.08. The second-order valence-corrected chi connectivity index (χ2v) is 5.39. The van der Waals surface area contributed by atoms with Crippen LogP contribution in [0.3, 0.4) is 0 Å². The van der Waals surface area contributed by atoms with Crippen molar-refractivity contribution >= 4 is 16.8 Å². The molecule has 0 saturated heterocycles. The van der Waals surface area contributed by atoms with Gasteiger partial charge < -0.3 is 5.32 Å². The third-order valence-electron chi connectivity index (χ3n) is 3.96. The maximum Gasteiger partial charge on any atom is 0.252 e. The number of carbonyl (C=O) groups is 1. The molecule has 3 heteroatoms. The zero-order valence-corrected chi connectivity index (χ0v) is 11.9. The summed E-state index contributed by atoms with van der Waals surface area (Å²) in [4.78, 5) is 17.3. The number of hydrogen-bond donors (Lipinski definition) is 1. The first-order chi connectivity index (χ1) is 9.81. The van der Waals surface area contributed by atoms with Crippen molar-refractivity contribution in [3.63, 3.8) is 0 Å². The number of aromatic nitrogens is 1. The van der Waals surface area contributed by atoms with Crippen LogP contribution in [0, 0.1) is 0 Å². The Labute approximate surface area is 119 Å². The molecule has 0 saturated carbocycles. The van der Waals surface area contributed by atoms with Crippen molar-refractivity contribution in [3.8, 4) is 0 Å². The predicted octanol–water partition coefficient (Wildman–Crippen LogP) is 3.25. The fraction of sp³-hybridized carbons (Fsp3) is 0.412. The minimum absolute atomic E-state index is 0.0650. The monoisotopic (exact) mass is 268 g/mol. The molecule has 1 aliphatic rings. The van der Waals surface area contributed by atoms with Gasteiger partial charge in [0.05, 0.1) is 11.1 Å². The van der Waals surface area contributed by atoms with Gasteiger partial charge in [-0.15, -0.1) is 0 Å². The third kappa shape index (κ3) is 2.28. The molecule has 20 heavy (non-hydrogen) atoms. The highest BCUT2D eigenvalue weighted by Crippen LogP contribution is 2.29. The van der Waals surface area contributed by atoms with Crippen LogP contribution in [-0.2, 0) is 12.8 Å². The Morgan fingerprint density at radius 1 is 1.30 bits per heavy atom. The van der Waals surface area contributed by atoms with Crippen LogP contribution >= 0.6 is 0 Å². The normalized spacial score (nSPS) is 13.4. The van der Waals surface area contributed by atoms with Crippen LogP contribution in [0.15, 0.2) is 24.3 Å². The lowest BCUT2D eigenvalue weighted by Gasteiger charge is -2.12. The van der Waals surface area contributed by atoms with Gasteiger partial charge in [-0.25, -0.2) is 0 Å². The Morgan fingerprint density at radius 3 is 3.00 bits per heavy atom. The van der Waals surface area contributed by atoms with E-state index in [1.165, 1.54) is 0 Å². The van der Waals surface area contributed by atoms with Crippen molar-refractivity contribution in [2.45, 2.75) is 39.0 Å². The molecule has 1 aliphatic carbocycles. The molecule has 0 bridgehead atoms. The van der Waals surface area contributed by atoms with Crippen molar-refractivity contribution in [3.05, 3.63) is 41.1 Å². The summed E-state index contributed by atoms with van der Waals surface area (Å²) >= 11 is 0. The van der Waals surface area contributed by atoms with E-state index in [-0.39, 0.29) is 5.91 Å². The second kappa shape index (κ2) is 5.61. The maximum absolute atomic E-state index is 12.6. The van der Waals surface area contributed by atoms with E-state index in [0.29, 0.717) is 0 Å². The highest BCUT2D eigenvalue weighted by molar-refractivity contribution is 6.07. The summed E-state index contributed by atoms with van der Waals surface area (Å²) in [6, 6.07) is 7.97. The summed E-state index contributed by atoms with van der Waals surface area (Å²) in [6.45, 7) is 2.88. The fourth-order valence-electron chi connectivity index (χ4n) is 2.94. The van der Waals surface area contributed by atoms with Crippen molar-refractivity contribution in [2.75, 3.05) is 6.54 Å². The standard InChI is InChI=1S/C17H20N2O/c1-2-3-11-18-17(20)16-12-7-4-5-9-14(12)19-15-10-6-8-13(15)16/h4-5,7,9H,2-3,6,8,10-11H2,1H3,(H,18,20). The molecule has 0 atom stereocenters.